The molecule has 0 spiro atoms. The van der Waals surface area contributed by atoms with Gasteiger partial charge in [0.1, 0.15) is 5.57 Å². The van der Waals surface area contributed by atoms with Gasteiger partial charge in [0.15, 0.2) is 0 Å². The molecular weight excluding hydrogens is 389 g/mol. The number of amides is 2. The normalized spacial score (nSPS) is 19.7. The molecule has 0 saturated heterocycles. The van der Waals surface area contributed by atoms with Crippen molar-refractivity contribution in [3.8, 4) is 0 Å². The minimum atomic E-state index is -5.26. The molecule has 0 aromatic heterocycles. The Morgan fingerprint density at radius 1 is 1.21 bits per heavy atom. The molecule has 1 aliphatic heterocycles. The molecule has 1 N–H and O–H groups in total. The van der Waals surface area contributed by atoms with E-state index in [1.807, 2.05) is 5.32 Å². The minimum Gasteiger partial charge on any atom is -0.466 e. The van der Waals surface area contributed by atoms with Crippen molar-refractivity contribution in [1.82, 2.24) is 10.2 Å². The Morgan fingerprint density at radius 2 is 1.79 bits per heavy atom. The van der Waals surface area contributed by atoms with Crippen molar-refractivity contribution in [2.75, 3.05) is 7.11 Å². The molecule has 0 unspecified atom stereocenters. The molecular formula is C20H23F3N2O4. The second kappa shape index (κ2) is 8.26. The van der Waals surface area contributed by atoms with Crippen LogP contribution in [0.25, 0.3) is 0 Å². The van der Waals surface area contributed by atoms with Gasteiger partial charge in [-0.15, -0.1) is 0 Å². The molecule has 9 heteroatoms. The highest BCUT2D eigenvalue weighted by atomic mass is 19.4. The minimum absolute atomic E-state index is 0.191. The van der Waals surface area contributed by atoms with Crippen LogP contribution in [0.1, 0.15) is 32.8 Å². The first kappa shape index (κ1) is 22.4. The van der Waals surface area contributed by atoms with Crippen LogP contribution < -0.4 is 5.32 Å². The summed E-state index contributed by atoms with van der Waals surface area (Å²) in [4.78, 5) is 38.5. The number of allylic oxidation sites excluding steroid dienone is 1. The van der Waals surface area contributed by atoms with Crippen molar-refractivity contribution in [3.63, 3.8) is 0 Å². The lowest BCUT2D eigenvalue weighted by molar-refractivity contribution is -0.196. The number of halogens is 3. The lowest BCUT2D eigenvalue weighted by atomic mass is 9.88. The topological polar surface area (TPSA) is 75.7 Å². The summed E-state index contributed by atoms with van der Waals surface area (Å²) >= 11 is 0. The van der Waals surface area contributed by atoms with Gasteiger partial charge in [-0.2, -0.15) is 13.2 Å². The highest BCUT2D eigenvalue weighted by Gasteiger charge is 2.70. The fourth-order valence-corrected chi connectivity index (χ4v) is 3.31. The fourth-order valence-electron chi connectivity index (χ4n) is 3.31. The van der Waals surface area contributed by atoms with E-state index in [0.29, 0.717) is 5.56 Å². The third-order valence-corrected chi connectivity index (χ3v) is 4.63. The summed E-state index contributed by atoms with van der Waals surface area (Å²) in [5, 5.41) is 1.81. The zero-order valence-electron chi connectivity index (χ0n) is 16.6. The van der Waals surface area contributed by atoms with Gasteiger partial charge in [0.2, 0.25) is 11.4 Å². The summed E-state index contributed by atoms with van der Waals surface area (Å²) in [5.74, 6) is -4.00. The van der Waals surface area contributed by atoms with Crippen LogP contribution in [-0.2, 0) is 25.7 Å². The Morgan fingerprint density at radius 3 is 2.28 bits per heavy atom. The van der Waals surface area contributed by atoms with Gasteiger partial charge in [0.05, 0.1) is 13.7 Å². The number of benzene rings is 1. The molecule has 6 nitrogen and oxygen atoms in total. The number of esters is 1. The van der Waals surface area contributed by atoms with Gasteiger partial charge in [-0.1, -0.05) is 44.2 Å². The van der Waals surface area contributed by atoms with Gasteiger partial charge in [-0.25, -0.2) is 4.79 Å². The lowest BCUT2D eigenvalue weighted by Crippen LogP contribution is -2.66. The predicted octanol–water partition coefficient (Wildman–Crippen LogP) is 2.94. The van der Waals surface area contributed by atoms with Crippen LogP contribution in [0.15, 0.2) is 41.6 Å². The number of nitrogens with zero attached hydrogens (tertiary/aromatic N) is 1. The number of hydrogen-bond donors (Lipinski definition) is 1. The van der Waals surface area contributed by atoms with Crippen LogP contribution in [0.5, 0.6) is 0 Å². The van der Waals surface area contributed by atoms with Gasteiger partial charge in [-0.3, -0.25) is 9.59 Å². The smallest absolute Gasteiger partial charge is 0.425 e. The summed E-state index contributed by atoms with van der Waals surface area (Å²) in [5.41, 5.74) is -4.07. The first-order chi connectivity index (χ1) is 13.5. The van der Waals surface area contributed by atoms with E-state index in [9.17, 15) is 27.6 Å². The van der Waals surface area contributed by atoms with E-state index in [-0.39, 0.29) is 24.6 Å². The van der Waals surface area contributed by atoms with Gasteiger partial charge in [0.25, 0.3) is 5.91 Å². The molecule has 0 fully saturated rings. The molecule has 158 valence electrons. The van der Waals surface area contributed by atoms with Crippen molar-refractivity contribution < 1.29 is 32.3 Å². The van der Waals surface area contributed by atoms with E-state index in [4.69, 9.17) is 0 Å². The number of carbonyl (C=O) groups is 3. The molecule has 0 saturated carbocycles. The third-order valence-electron chi connectivity index (χ3n) is 4.63. The van der Waals surface area contributed by atoms with Crippen LogP contribution in [0.3, 0.4) is 0 Å². The van der Waals surface area contributed by atoms with Crippen LogP contribution in [0, 0.1) is 5.92 Å². The average molecular weight is 412 g/mol. The number of alkyl halides is 3. The molecule has 0 aliphatic carbocycles. The number of hydrogen-bond acceptors (Lipinski definition) is 4. The summed E-state index contributed by atoms with van der Waals surface area (Å²) < 4.78 is 47.4. The molecule has 0 radical (unpaired) electrons. The van der Waals surface area contributed by atoms with Crippen molar-refractivity contribution in [2.45, 2.75) is 45.5 Å². The largest absolute Gasteiger partial charge is 0.466 e. The number of rotatable bonds is 6. The lowest BCUT2D eigenvalue weighted by Gasteiger charge is -2.33. The first-order valence-electron chi connectivity index (χ1n) is 8.99. The predicted molar refractivity (Wildman–Crippen MR) is 98.1 cm³/mol. The van der Waals surface area contributed by atoms with E-state index >= 15 is 0 Å². The molecule has 2 rings (SSSR count). The monoisotopic (exact) mass is 412 g/mol. The number of carbonyl (C=O) groups excluding carboxylic acids is 3. The summed E-state index contributed by atoms with van der Waals surface area (Å²) in [6.07, 6.45) is -5.50. The zero-order chi connectivity index (χ0) is 22.0. The van der Waals surface area contributed by atoms with Gasteiger partial charge in [0, 0.05) is 12.1 Å². The maximum absolute atomic E-state index is 14.3. The van der Waals surface area contributed by atoms with Gasteiger partial charge in [-0.05, 0) is 18.4 Å². The third kappa shape index (κ3) is 4.13. The van der Waals surface area contributed by atoms with E-state index < -0.39 is 35.1 Å². The Kier molecular flexibility index (Phi) is 6.40. The van der Waals surface area contributed by atoms with Crippen LogP contribution in [-0.4, -0.2) is 41.5 Å². The van der Waals surface area contributed by atoms with Crippen molar-refractivity contribution in [3.05, 3.63) is 47.2 Å². The second-order valence-electron chi connectivity index (χ2n) is 7.22. The summed E-state index contributed by atoms with van der Waals surface area (Å²) in [7, 11) is 0.921. The molecule has 29 heavy (non-hydrogen) atoms. The molecule has 1 atom stereocenters. The molecule has 1 aromatic rings. The number of ether oxygens (including phenoxy) is 1. The quantitative estimate of drug-likeness (QED) is 0.729. The fraction of sp³-hybridized carbons (Fsp3) is 0.450. The number of nitrogens with one attached hydrogen (secondary N) is 1. The zero-order valence-corrected chi connectivity index (χ0v) is 16.6. The van der Waals surface area contributed by atoms with Crippen LogP contribution >= 0.6 is 0 Å². The van der Waals surface area contributed by atoms with E-state index in [0.717, 1.165) is 12.0 Å². The Balaban J connectivity index is 2.61. The molecule has 1 heterocycles. The summed E-state index contributed by atoms with van der Waals surface area (Å²) in [6.45, 7) is 4.35. The van der Waals surface area contributed by atoms with Crippen LogP contribution in [0.2, 0.25) is 0 Å². The van der Waals surface area contributed by atoms with E-state index in [1.54, 1.807) is 44.2 Å². The average Bonchev–Trinajstić information content (AvgIpc) is 2.83. The number of methoxy groups -OCH3 is 1. The van der Waals surface area contributed by atoms with Crippen molar-refractivity contribution >= 4 is 17.8 Å². The molecule has 1 aromatic carbocycles. The van der Waals surface area contributed by atoms with Gasteiger partial charge < -0.3 is 15.0 Å². The van der Waals surface area contributed by atoms with E-state index in [2.05, 4.69) is 4.74 Å². The molecule has 1 aliphatic rings. The maximum Gasteiger partial charge on any atom is 0.425 e. The molecule has 2 amide bonds. The Labute approximate surface area is 166 Å². The van der Waals surface area contributed by atoms with Crippen LogP contribution in [0.4, 0.5) is 13.2 Å². The van der Waals surface area contributed by atoms with E-state index in [1.165, 1.54) is 6.92 Å². The molecule has 0 bridgehead atoms. The first-order valence-corrected chi connectivity index (χ1v) is 8.99. The SMILES string of the molecule is COC(=O)C1=C(C)N(Cc2ccccc2)C(=O)[C@]1(NC(=O)CC(C)C)C(F)(F)F. The van der Waals surface area contributed by atoms with Gasteiger partial charge >= 0.3 is 12.1 Å². The van der Waals surface area contributed by atoms with Crippen molar-refractivity contribution in [2.24, 2.45) is 5.92 Å². The second-order valence-corrected chi connectivity index (χ2v) is 7.22. The standard InChI is InChI=1S/C20H23F3N2O4/c1-12(2)10-15(26)24-19(20(21,22)23)16(17(27)29-4)13(3)25(18(19)28)11-14-8-6-5-7-9-14/h5-9,12H,10-11H2,1-4H3,(H,24,26)/t19-/m0/s1. The highest BCUT2D eigenvalue weighted by Crippen LogP contribution is 2.45. The maximum atomic E-state index is 14.3. The Bertz CT molecular complexity index is 834. The highest BCUT2D eigenvalue weighted by molar-refractivity contribution is 6.10. The van der Waals surface area contributed by atoms with Crippen molar-refractivity contribution in [1.29, 1.82) is 0 Å². The Hall–Kier alpha value is -2.84. The summed E-state index contributed by atoms with van der Waals surface area (Å²) in [6, 6.07) is 8.37.